The van der Waals surface area contributed by atoms with Gasteiger partial charge in [-0.3, -0.25) is 13.8 Å². The third-order valence-electron chi connectivity index (χ3n) is 10.1. The summed E-state index contributed by atoms with van der Waals surface area (Å²) in [5, 5.41) is 50.0. The first kappa shape index (κ1) is 51.7. The lowest BCUT2D eigenvalue weighted by Crippen LogP contribution is -2.64. The number of ether oxygens (including phenoxy) is 2. The van der Waals surface area contributed by atoms with Crippen LogP contribution < -0.4 is 0 Å². The maximum absolute atomic E-state index is 12.8. The molecule has 55 heavy (non-hydrogen) atoms. The van der Waals surface area contributed by atoms with Gasteiger partial charge in [0.05, 0.1) is 12.9 Å². The molecule has 0 aliphatic heterocycles. The molecule has 12 nitrogen and oxygen atoms in total. The molecule has 1 saturated carbocycles. The molecule has 0 amide bonds. The first-order chi connectivity index (χ1) is 26.5. The van der Waals surface area contributed by atoms with E-state index in [1.807, 2.05) is 6.08 Å². The first-order valence-electron chi connectivity index (χ1n) is 21.7. The Morgan fingerprint density at radius 2 is 0.964 bits per heavy atom. The van der Waals surface area contributed by atoms with Crippen LogP contribution in [0, 0.1) is 0 Å². The van der Waals surface area contributed by atoms with Crippen LogP contribution in [0.2, 0.25) is 0 Å². The highest BCUT2D eigenvalue weighted by Crippen LogP contribution is 2.47. The minimum atomic E-state index is -5.03. The van der Waals surface area contributed by atoms with Crippen molar-refractivity contribution in [2.75, 3.05) is 13.2 Å². The molecule has 0 aromatic carbocycles. The minimum absolute atomic E-state index is 0.161. The SMILES string of the molecule is CCCCC/C=C\CCCCCCCC(=O)O[C@H](CO/C=C\CCCCCCCCCCCCCCCC)COP(=O)(O)OC1C(O)C(O)C(O)[C@@H](O)C1O. The maximum atomic E-state index is 12.8. The molecule has 1 fully saturated rings. The molecule has 0 aromatic heterocycles. The fourth-order valence-corrected chi connectivity index (χ4v) is 7.58. The number of rotatable bonds is 36. The number of hydrogen-bond donors (Lipinski definition) is 6. The number of carbonyl (C=O) groups excluding carboxylic acids is 1. The van der Waals surface area contributed by atoms with Crippen LogP contribution in [0.15, 0.2) is 24.5 Å². The summed E-state index contributed by atoms with van der Waals surface area (Å²) in [6, 6.07) is 0. The van der Waals surface area contributed by atoms with E-state index in [9.17, 15) is 39.8 Å². The molecular weight excluding hydrogens is 727 g/mol. The minimum Gasteiger partial charge on any atom is -0.498 e. The van der Waals surface area contributed by atoms with E-state index in [4.69, 9.17) is 18.5 Å². The van der Waals surface area contributed by atoms with Crippen LogP contribution >= 0.6 is 7.82 Å². The van der Waals surface area contributed by atoms with Gasteiger partial charge in [0.15, 0.2) is 6.10 Å². The first-order valence-corrected chi connectivity index (χ1v) is 23.2. The molecule has 13 heteroatoms. The number of hydrogen-bond acceptors (Lipinski definition) is 11. The lowest BCUT2D eigenvalue weighted by atomic mass is 9.85. The number of esters is 1. The van der Waals surface area contributed by atoms with E-state index in [1.165, 1.54) is 103 Å². The van der Waals surface area contributed by atoms with Crippen LogP contribution in [0.5, 0.6) is 0 Å². The summed E-state index contributed by atoms with van der Waals surface area (Å²) < 4.78 is 33.8. The van der Waals surface area contributed by atoms with Crippen LogP contribution in [-0.4, -0.2) is 92.3 Å². The zero-order chi connectivity index (χ0) is 40.6. The summed E-state index contributed by atoms with van der Waals surface area (Å²) in [5.41, 5.74) is 0. The van der Waals surface area contributed by atoms with Crippen molar-refractivity contribution in [2.45, 2.75) is 224 Å². The van der Waals surface area contributed by atoms with Gasteiger partial charge in [0.25, 0.3) is 0 Å². The van der Waals surface area contributed by atoms with Crippen molar-refractivity contribution in [3.05, 3.63) is 24.5 Å². The van der Waals surface area contributed by atoms with Crippen LogP contribution in [0.4, 0.5) is 0 Å². The molecule has 1 aliphatic carbocycles. The molecule has 1 rings (SSSR count). The van der Waals surface area contributed by atoms with Gasteiger partial charge in [-0.2, -0.15) is 0 Å². The number of aliphatic hydroxyl groups is 5. The lowest BCUT2D eigenvalue weighted by molar-refractivity contribution is -0.220. The Hall–Kier alpha value is -1.34. The number of carbonyl (C=O) groups is 1. The highest BCUT2D eigenvalue weighted by molar-refractivity contribution is 7.47. The predicted octanol–water partition coefficient (Wildman–Crippen LogP) is 8.49. The fourth-order valence-electron chi connectivity index (χ4n) is 6.61. The Labute approximate surface area is 332 Å². The summed E-state index contributed by atoms with van der Waals surface area (Å²) >= 11 is 0. The largest absolute Gasteiger partial charge is 0.498 e. The molecule has 6 N–H and O–H groups in total. The number of phosphoric acid groups is 1. The van der Waals surface area contributed by atoms with Crippen molar-refractivity contribution in [1.82, 2.24) is 0 Å². The number of phosphoric ester groups is 1. The van der Waals surface area contributed by atoms with E-state index in [1.54, 1.807) is 0 Å². The summed E-state index contributed by atoms with van der Waals surface area (Å²) in [5.74, 6) is -0.509. The average molecular weight is 807 g/mol. The third-order valence-corrected chi connectivity index (χ3v) is 11.1. The van der Waals surface area contributed by atoms with Crippen molar-refractivity contribution in [2.24, 2.45) is 0 Å². The smallest absolute Gasteiger partial charge is 0.472 e. The lowest BCUT2D eigenvalue weighted by Gasteiger charge is -2.41. The average Bonchev–Trinajstić information content (AvgIpc) is 3.17. The monoisotopic (exact) mass is 807 g/mol. The Morgan fingerprint density at radius 1 is 0.564 bits per heavy atom. The molecule has 0 radical (unpaired) electrons. The molecular formula is C42H79O12P. The van der Waals surface area contributed by atoms with Gasteiger partial charge >= 0.3 is 13.8 Å². The number of allylic oxidation sites excluding steroid dienone is 3. The van der Waals surface area contributed by atoms with Crippen LogP contribution in [0.25, 0.3) is 0 Å². The molecule has 0 saturated heterocycles. The number of aliphatic hydroxyl groups excluding tert-OH is 5. The van der Waals surface area contributed by atoms with Gasteiger partial charge < -0.3 is 39.9 Å². The highest BCUT2D eigenvalue weighted by atomic mass is 31.2. The van der Waals surface area contributed by atoms with Crippen molar-refractivity contribution in [1.29, 1.82) is 0 Å². The molecule has 1 aliphatic rings. The second-order valence-electron chi connectivity index (χ2n) is 15.3. The normalized spacial score (nSPS) is 23.3. The fraction of sp³-hybridized carbons (Fsp3) is 0.881. The molecule has 0 spiro atoms. The number of unbranched alkanes of at least 4 members (excludes halogenated alkanes) is 22. The Kier molecular flexibility index (Phi) is 31.6. The van der Waals surface area contributed by atoms with E-state index in [-0.39, 0.29) is 13.0 Å². The van der Waals surface area contributed by atoms with Crippen LogP contribution in [-0.2, 0) is 27.9 Å². The van der Waals surface area contributed by atoms with Gasteiger partial charge in [0, 0.05) is 6.42 Å². The quantitative estimate of drug-likeness (QED) is 0.0117. The van der Waals surface area contributed by atoms with Crippen LogP contribution in [0.3, 0.4) is 0 Å². The Bertz CT molecular complexity index is 1010. The van der Waals surface area contributed by atoms with Gasteiger partial charge in [0.2, 0.25) is 0 Å². The Morgan fingerprint density at radius 3 is 1.47 bits per heavy atom. The Balaban J connectivity index is 2.45. The van der Waals surface area contributed by atoms with E-state index in [0.29, 0.717) is 6.42 Å². The van der Waals surface area contributed by atoms with Gasteiger partial charge in [-0.05, 0) is 51.0 Å². The van der Waals surface area contributed by atoms with E-state index in [0.717, 1.165) is 57.8 Å². The summed E-state index contributed by atoms with van der Waals surface area (Å²) in [7, 11) is -5.03. The molecule has 0 aromatic rings. The highest BCUT2D eigenvalue weighted by Gasteiger charge is 2.51. The summed E-state index contributed by atoms with van der Waals surface area (Å²) in [4.78, 5) is 23.0. The molecule has 0 heterocycles. The standard InChI is InChI=1S/C42H79O12P/c1-3-5-7-9-11-13-15-17-18-19-20-22-24-26-28-30-32-51-33-35(53-36(43)31-29-27-25-23-21-16-14-12-10-8-6-4-2)34-52-55(49,50)54-42-40(47)38(45)37(44)39(46)41(42)48/h12,14,30,32,35,37-42,44-48H,3-11,13,15-29,31,33-34H2,1-2H3,(H,49,50)/b14-12-,32-30-/t35-,37?,38-,39?,40?,41?,42?/m1/s1. The second kappa shape index (κ2) is 33.6. The van der Waals surface area contributed by atoms with Crippen molar-refractivity contribution >= 4 is 13.8 Å². The predicted molar refractivity (Wildman–Crippen MR) is 216 cm³/mol. The summed E-state index contributed by atoms with van der Waals surface area (Å²) in [6.45, 7) is 3.68. The van der Waals surface area contributed by atoms with Gasteiger partial charge in [-0.25, -0.2) is 4.57 Å². The van der Waals surface area contributed by atoms with Gasteiger partial charge in [-0.15, -0.1) is 0 Å². The third kappa shape index (κ3) is 26.3. The maximum Gasteiger partial charge on any atom is 0.472 e. The van der Waals surface area contributed by atoms with Gasteiger partial charge in [0.1, 0.15) is 43.2 Å². The van der Waals surface area contributed by atoms with E-state index < -0.39 is 63.1 Å². The van der Waals surface area contributed by atoms with E-state index in [2.05, 4.69) is 26.0 Å². The zero-order valence-electron chi connectivity index (χ0n) is 34.2. The topological polar surface area (TPSA) is 192 Å². The van der Waals surface area contributed by atoms with Crippen molar-refractivity contribution < 1.29 is 58.3 Å². The summed E-state index contributed by atoms with van der Waals surface area (Å²) in [6.07, 6.45) is 24.8. The molecule has 8 atom stereocenters. The van der Waals surface area contributed by atoms with Crippen molar-refractivity contribution in [3.8, 4) is 0 Å². The van der Waals surface area contributed by atoms with Gasteiger partial charge in [-0.1, -0.05) is 142 Å². The molecule has 6 unspecified atom stereocenters. The molecule has 0 bridgehead atoms. The van der Waals surface area contributed by atoms with E-state index >= 15 is 0 Å². The zero-order valence-corrected chi connectivity index (χ0v) is 35.1. The van der Waals surface area contributed by atoms with Crippen molar-refractivity contribution in [3.63, 3.8) is 0 Å². The second-order valence-corrected chi connectivity index (χ2v) is 16.7. The van der Waals surface area contributed by atoms with Crippen LogP contribution in [0.1, 0.15) is 181 Å². The molecule has 324 valence electrons.